The molecule has 1 aromatic rings. The fraction of sp³-hybridized carbons (Fsp3) is 0.385. The SMILES string of the molecule is N[C@H](CC(=O)c1ccc2c(c1)CCC2)C(=O)O. The molecule has 1 aliphatic rings. The Labute approximate surface area is 99.4 Å². The molecule has 0 amide bonds. The number of aryl methyl sites for hydroxylation is 2. The van der Waals surface area contributed by atoms with Crippen LogP contribution in [-0.4, -0.2) is 22.9 Å². The summed E-state index contributed by atoms with van der Waals surface area (Å²) < 4.78 is 0. The number of hydrogen-bond donors (Lipinski definition) is 2. The molecule has 0 aliphatic heterocycles. The van der Waals surface area contributed by atoms with E-state index in [2.05, 4.69) is 0 Å². The van der Waals surface area contributed by atoms with Gasteiger partial charge in [0, 0.05) is 12.0 Å². The maximum atomic E-state index is 11.8. The number of fused-ring (bicyclic) bond motifs is 1. The summed E-state index contributed by atoms with van der Waals surface area (Å²) in [6.45, 7) is 0. The minimum Gasteiger partial charge on any atom is -0.480 e. The summed E-state index contributed by atoms with van der Waals surface area (Å²) in [5.74, 6) is -1.34. The zero-order valence-corrected chi connectivity index (χ0v) is 9.48. The number of benzene rings is 1. The van der Waals surface area contributed by atoms with Crippen molar-refractivity contribution in [1.82, 2.24) is 0 Å². The van der Waals surface area contributed by atoms with Crippen LogP contribution >= 0.6 is 0 Å². The van der Waals surface area contributed by atoms with E-state index in [1.807, 2.05) is 12.1 Å². The first kappa shape index (κ1) is 11.8. The van der Waals surface area contributed by atoms with Crippen molar-refractivity contribution in [3.05, 3.63) is 34.9 Å². The van der Waals surface area contributed by atoms with Crippen LogP contribution in [0.25, 0.3) is 0 Å². The lowest BCUT2D eigenvalue weighted by Gasteiger charge is -2.07. The van der Waals surface area contributed by atoms with Gasteiger partial charge in [0.15, 0.2) is 5.78 Å². The molecule has 0 bridgehead atoms. The van der Waals surface area contributed by atoms with Gasteiger partial charge in [-0.3, -0.25) is 9.59 Å². The summed E-state index contributed by atoms with van der Waals surface area (Å²) in [4.78, 5) is 22.4. The predicted octanol–water partition coefficient (Wildman–Crippen LogP) is 1.16. The largest absolute Gasteiger partial charge is 0.480 e. The zero-order chi connectivity index (χ0) is 12.4. The molecule has 0 unspecified atom stereocenters. The molecule has 2 rings (SSSR count). The molecule has 4 nitrogen and oxygen atoms in total. The fourth-order valence-electron chi connectivity index (χ4n) is 2.15. The Balaban J connectivity index is 2.12. The van der Waals surface area contributed by atoms with E-state index in [0.717, 1.165) is 19.3 Å². The highest BCUT2D eigenvalue weighted by atomic mass is 16.4. The third kappa shape index (κ3) is 2.53. The van der Waals surface area contributed by atoms with Crippen LogP contribution in [0.4, 0.5) is 0 Å². The molecule has 0 aromatic heterocycles. The second-order valence-electron chi connectivity index (χ2n) is 4.41. The van der Waals surface area contributed by atoms with Crippen LogP contribution in [0.5, 0.6) is 0 Å². The molecule has 0 heterocycles. The Bertz CT molecular complexity index is 468. The van der Waals surface area contributed by atoms with Gasteiger partial charge >= 0.3 is 5.97 Å². The third-order valence-electron chi connectivity index (χ3n) is 3.14. The number of aliphatic carboxylic acids is 1. The number of Topliss-reactive ketones (excluding diaryl/α,β-unsaturated/α-hetero) is 1. The molecule has 3 N–H and O–H groups in total. The lowest BCUT2D eigenvalue weighted by atomic mass is 10.00. The molecular weight excluding hydrogens is 218 g/mol. The van der Waals surface area contributed by atoms with Crippen LogP contribution in [0, 0.1) is 0 Å². The van der Waals surface area contributed by atoms with Gasteiger partial charge in [0.2, 0.25) is 0 Å². The van der Waals surface area contributed by atoms with Crippen LogP contribution in [0.1, 0.15) is 34.3 Å². The molecule has 0 spiro atoms. The molecule has 1 aliphatic carbocycles. The molecule has 0 saturated carbocycles. The topological polar surface area (TPSA) is 80.4 Å². The van der Waals surface area contributed by atoms with E-state index >= 15 is 0 Å². The van der Waals surface area contributed by atoms with Crippen molar-refractivity contribution < 1.29 is 14.7 Å². The number of rotatable bonds is 4. The van der Waals surface area contributed by atoms with Gasteiger partial charge in [0.1, 0.15) is 6.04 Å². The Morgan fingerprint density at radius 3 is 2.71 bits per heavy atom. The van der Waals surface area contributed by atoms with Crippen molar-refractivity contribution >= 4 is 11.8 Å². The summed E-state index contributed by atoms with van der Waals surface area (Å²) in [6, 6.07) is 4.48. The van der Waals surface area contributed by atoms with E-state index in [1.54, 1.807) is 6.07 Å². The maximum absolute atomic E-state index is 11.8. The van der Waals surface area contributed by atoms with Gasteiger partial charge in [0.25, 0.3) is 0 Å². The highest BCUT2D eigenvalue weighted by Crippen LogP contribution is 2.23. The number of carboxylic acid groups (broad SMARTS) is 1. The van der Waals surface area contributed by atoms with Crippen LogP contribution in [-0.2, 0) is 17.6 Å². The molecule has 0 fully saturated rings. The van der Waals surface area contributed by atoms with Gasteiger partial charge in [0.05, 0.1) is 0 Å². The first-order chi connectivity index (χ1) is 8.08. The van der Waals surface area contributed by atoms with E-state index < -0.39 is 12.0 Å². The van der Waals surface area contributed by atoms with Crippen molar-refractivity contribution in [2.24, 2.45) is 5.73 Å². The van der Waals surface area contributed by atoms with E-state index in [9.17, 15) is 9.59 Å². The van der Waals surface area contributed by atoms with Crippen molar-refractivity contribution in [1.29, 1.82) is 0 Å². The monoisotopic (exact) mass is 233 g/mol. The minimum atomic E-state index is -1.14. The van der Waals surface area contributed by atoms with Gasteiger partial charge in [-0.05, 0) is 36.5 Å². The van der Waals surface area contributed by atoms with E-state index in [1.165, 1.54) is 11.1 Å². The first-order valence-electron chi connectivity index (χ1n) is 5.71. The quantitative estimate of drug-likeness (QED) is 0.765. The van der Waals surface area contributed by atoms with Gasteiger partial charge in [-0.2, -0.15) is 0 Å². The minimum absolute atomic E-state index is 0.145. The molecule has 1 aromatic carbocycles. The van der Waals surface area contributed by atoms with Gasteiger partial charge in [-0.25, -0.2) is 0 Å². The predicted molar refractivity (Wildman–Crippen MR) is 63.0 cm³/mol. The molecular formula is C13H15NO3. The lowest BCUT2D eigenvalue weighted by Crippen LogP contribution is -2.32. The molecule has 90 valence electrons. The van der Waals surface area contributed by atoms with E-state index in [-0.39, 0.29) is 12.2 Å². The number of carbonyl (C=O) groups is 2. The molecule has 0 saturated heterocycles. The Hall–Kier alpha value is -1.68. The standard InChI is InChI=1S/C13H15NO3/c14-11(13(16)17)7-12(15)10-5-4-8-2-1-3-9(8)6-10/h4-6,11H,1-3,7,14H2,(H,16,17)/t11-/m1/s1. The molecule has 4 heteroatoms. The van der Waals surface area contributed by atoms with Crippen LogP contribution < -0.4 is 5.73 Å². The summed E-state index contributed by atoms with van der Waals surface area (Å²) in [6.07, 6.45) is 3.05. The number of carboxylic acids is 1. The Kier molecular flexibility index (Phi) is 3.24. The van der Waals surface area contributed by atoms with Crippen molar-refractivity contribution in [3.63, 3.8) is 0 Å². The Morgan fingerprint density at radius 1 is 1.29 bits per heavy atom. The zero-order valence-electron chi connectivity index (χ0n) is 9.48. The second-order valence-corrected chi connectivity index (χ2v) is 4.41. The van der Waals surface area contributed by atoms with Crippen LogP contribution in [0.15, 0.2) is 18.2 Å². The van der Waals surface area contributed by atoms with Crippen molar-refractivity contribution in [3.8, 4) is 0 Å². The maximum Gasteiger partial charge on any atom is 0.320 e. The summed E-state index contributed by atoms with van der Waals surface area (Å²) in [7, 11) is 0. The van der Waals surface area contributed by atoms with Gasteiger partial charge in [-0.1, -0.05) is 12.1 Å². The molecule has 1 atom stereocenters. The van der Waals surface area contributed by atoms with E-state index in [0.29, 0.717) is 5.56 Å². The van der Waals surface area contributed by atoms with Gasteiger partial charge < -0.3 is 10.8 Å². The average Bonchev–Trinajstić information content (AvgIpc) is 2.75. The number of ketones is 1. The first-order valence-corrected chi connectivity index (χ1v) is 5.71. The summed E-state index contributed by atoms with van der Waals surface area (Å²) in [5.41, 5.74) is 8.42. The second kappa shape index (κ2) is 4.67. The van der Waals surface area contributed by atoms with Crippen molar-refractivity contribution in [2.75, 3.05) is 0 Å². The Morgan fingerprint density at radius 2 is 2.00 bits per heavy atom. The normalized spacial score (nSPS) is 15.4. The highest BCUT2D eigenvalue weighted by molar-refractivity contribution is 5.98. The molecule has 17 heavy (non-hydrogen) atoms. The number of hydrogen-bond acceptors (Lipinski definition) is 3. The van der Waals surface area contributed by atoms with Crippen LogP contribution in [0.3, 0.4) is 0 Å². The average molecular weight is 233 g/mol. The number of carbonyl (C=O) groups excluding carboxylic acids is 1. The number of nitrogens with two attached hydrogens (primary N) is 1. The smallest absolute Gasteiger partial charge is 0.320 e. The fourth-order valence-corrected chi connectivity index (χ4v) is 2.15. The summed E-state index contributed by atoms with van der Waals surface area (Å²) >= 11 is 0. The van der Waals surface area contributed by atoms with E-state index in [4.69, 9.17) is 10.8 Å². The van der Waals surface area contributed by atoms with Crippen molar-refractivity contribution in [2.45, 2.75) is 31.7 Å². The lowest BCUT2D eigenvalue weighted by molar-refractivity contribution is -0.138. The summed E-state index contributed by atoms with van der Waals surface area (Å²) in [5, 5.41) is 8.66. The molecule has 0 radical (unpaired) electrons. The highest BCUT2D eigenvalue weighted by Gasteiger charge is 2.19. The third-order valence-corrected chi connectivity index (χ3v) is 3.14. The van der Waals surface area contributed by atoms with Gasteiger partial charge in [-0.15, -0.1) is 0 Å². The van der Waals surface area contributed by atoms with Crippen LogP contribution in [0.2, 0.25) is 0 Å².